The zero-order valence-electron chi connectivity index (χ0n) is 10.6. The lowest BCUT2D eigenvalue weighted by molar-refractivity contribution is 0.543. The van der Waals surface area contributed by atoms with E-state index >= 15 is 0 Å². The summed E-state index contributed by atoms with van der Waals surface area (Å²) in [6.07, 6.45) is 3.51. The topological polar surface area (TPSA) is 59.8 Å². The lowest BCUT2D eigenvalue weighted by Gasteiger charge is -2.09. The molecule has 0 saturated heterocycles. The molecule has 1 N–H and O–H groups in total. The average molecular weight is 299 g/mol. The van der Waals surface area contributed by atoms with Crippen LogP contribution in [0.5, 0.6) is 0 Å². The van der Waals surface area contributed by atoms with Crippen molar-refractivity contribution >= 4 is 28.6 Å². The third kappa shape index (κ3) is 3.54. The molecule has 2 rings (SSSR count). The minimum atomic E-state index is -0.251. The number of thiazole rings is 1. The molecule has 0 amide bonds. The maximum Gasteiger partial charge on any atom is 0.287 e. The molecule has 102 valence electrons. The van der Waals surface area contributed by atoms with Crippen LogP contribution in [0.15, 0.2) is 21.9 Å². The zero-order valence-corrected chi connectivity index (χ0v) is 12.2. The fourth-order valence-corrected chi connectivity index (χ4v) is 2.34. The highest BCUT2D eigenvalue weighted by Gasteiger charge is 2.09. The first-order valence-electron chi connectivity index (χ1n) is 6.09. The molecule has 2 heterocycles. The predicted molar refractivity (Wildman–Crippen MR) is 77.9 cm³/mol. The van der Waals surface area contributed by atoms with E-state index in [9.17, 15) is 4.79 Å². The highest BCUT2D eigenvalue weighted by Crippen LogP contribution is 2.16. The number of aryl methyl sites for hydroxylation is 1. The molecule has 0 aliphatic heterocycles. The Kier molecular flexibility index (Phi) is 4.93. The first-order valence-corrected chi connectivity index (χ1v) is 7.41. The van der Waals surface area contributed by atoms with Crippen molar-refractivity contribution in [1.82, 2.24) is 14.8 Å². The molecule has 7 heteroatoms. The van der Waals surface area contributed by atoms with E-state index in [0.717, 1.165) is 18.5 Å². The maximum absolute atomic E-state index is 12.0. The van der Waals surface area contributed by atoms with Gasteiger partial charge in [-0.3, -0.25) is 4.79 Å². The van der Waals surface area contributed by atoms with Crippen molar-refractivity contribution in [3.8, 4) is 0 Å². The summed E-state index contributed by atoms with van der Waals surface area (Å²) in [6.45, 7) is 3.20. The van der Waals surface area contributed by atoms with Gasteiger partial charge in [-0.1, -0.05) is 24.9 Å². The molecular formula is C12H15ClN4OS. The first kappa shape index (κ1) is 14.0. The van der Waals surface area contributed by atoms with Gasteiger partial charge in [0.05, 0.1) is 29.6 Å². The van der Waals surface area contributed by atoms with E-state index in [1.54, 1.807) is 11.7 Å². The fraction of sp³-hybridized carbons (Fsp3) is 0.417. The molecule has 0 saturated carbocycles. The van der Waals surface area contributed by atoms with Crippen LogP contribution in [0.4, 0.5) is 5.69 Å². The van der Waals surface area contributed by atoms with Crippen LogP contribution < -0.4 is 10.9 Å². The number of halogens is 1. The van der Waals surface area contributed by atoms with Gasteiger partial charge in [-0.25, -0.2) is 9.67 Å². The lowest BCUT2D eigenvalue weighted by atomic mass is 10.3. The van der Waals surface area contributed by atoms with Crippen LogP contribution >= 0.6 is 22.9 Å². The van der Waals surface area contributed by atoms with E-state index in [-0.39, 0.29) is 10.6 Å². The normalized spacial score (nSPS) is 10.6. The van der Waals surface area contributed by atoms with Gasteiger partial charge in [0.1, 0.15) is 5.02 Å². The van der Waals surface area contributed by atoms with Gasteiger partial charge in [-0.05, 0) is 6.42 Å². The summed E-state index contributed by atoms with van der Waals surface area (Å²) in [4.78, 5) is 16.1. The molecule has 0 bridgehead atoms. The molecule has 2 aromatic heterocycles. The van der Waals surface area contributed by atoms with Crippen LogP contribution in [-0.2, 0) is 13.1 Å². The van der Waals surface area contributed by atoms with Gasteiger partial charge < -0.3 is 5.32 Å². The zero-order chi connectivity index (χ0) is 13.7. The number of aromatic nitrogens is 3. The Labute approximate surface area is 120 Å². The van der Waals surface area contributed by atoms with Crippen LogP contribution in [0.2, 0.25) is 5.02 Å². The van der Waals surface area contributed by atoms with Crippen molar-refractivity contribution < 1.29 is 0 Å². The summed E-state index contributed by atoms with van der Waals surface area (Å²) in [5.74, 6) is 0. The summed E-state index contributed by atoms with van der Waals surface area (Å²) >= 11 is 7.59. The molecule has 0 atom stereocenters. The van der Waals surface area contributed by atoms with E-state index in [1.165, 1.54) is 16.0 Å². The smallest absolute Gasteiger partial charge is 0.287 e. The fourth-order valence-electron chi connectivity index (χ4n) is 1.57. The Hall–Kier alpha value is -1.40. The molecule has 0 spiro atoms. The van der Waals surface area contributed by atoms with Gasteiger partial charge >= 0.3 is 0 Å². The summed E-state index contributed by atoms with van der Waals surface area (Å²) in [5, 5.41) is 9.31. The number of unbranched alkanes of at least 4 members (excludes halogenated alkanes) is 1. The SMILES string of the molecule is CCCCn1ncc(NCc2cscn2)c(Cl)c1=O. The molecule has 0 fully saturated rings. The lowest BCUT2D eigenvalue weighted by Crippen LogP contribution is -2.24. The number of hydrogen-bond donors (Lipinski definition) is 1. The third-order valence-electron chi connectivity index (χ3n) is 2.65. The Morgan fingerprint density at radius 2 is 2.37 bits per heavy atom. The van der Waals surface area contributed by atoms with Gasteiger partial charge in [-0.2, -0.15) is 5.10 Å². The summed E-state index contributed by atoms with van der Waals surface area (Å²) in [5.41, 5.74) is 2.97. The molecule has 0 aliphatic rings. The second-order valence-electron chi connectivity index (χ2n) is 4.09. The highest BCUT2D eigenvalue weighted by molar-refractivity contribution is 7.07. The number of hydrogen-bond acceptors (Lipinski definition) is 5. The largest absolute Gasteiger partial charge is 0.377 e. The van der Waals surface area contributed by atoms with Gasteiger partial charge in [0.15, 0.2) is 0 Å². The third-order valence-corrected chi connectivity index (χ3v) is 3.65. The van der Waals surface area contributed by atoms with Gasteiger partial charge in [-0.15, -0.1) is 11.3 Å². The van der Waals surface area contributed by atoms with Crippen LogP contribution in [0, 0.1) is 0 Å². The van der Waals surface area contributed by atoms with Gasteiger partial charge in [0.2, 0.25) is 0 Å². The van der Waals surface area contributed by atoms with Crippen LogP contribution in [0.25, 0.3) is 0 Å². The molecule has 2 aromatic rings. The Bertz CT molecular complexity index is 582. The van der Waals surface area contributed by atoms with Crippen molar-refractivity contribution in [2.75, 3.05) is 5.32 Å². The van der Waals surface area contributed by atoms with E-state index in [2.05, 4.69) is 22.3 Å². The van der Waals surface area contributed by atoms with Gasteiger partial charge in [0.25, 0.3) is 5.56 Å². The summed E-state index contributed by atoms with van der Waals surface area (Å²) in [6, 6.07) is 0. The van der Waals surface area contributed by atoms with Crippen molar-refractivity contribution in [2.24, 2.45) is 0 Å². The molecule has 19 heavy (non-hydrogen) atoms. The van der Waals surface area contributed by atoms with Crippen LogP contribution in [0.1, 0.15) is 25.5 Å². The van der Waals surface area contributed by atoms with Crippen molar-refractivity contribution in [3.05, 3.63) is 38.2 Å². The number of nitrogens with zero attached hydrogens (tertiary/aromatic N) is 3. The van der Waals surface area contributed by atoms with Crippen LogP contribution in [0.3, 0.4) is 0 Å². The number of rotatable bonds is 6. The van der Waals surface area contributed by atoms with Crippen molar-refractivity contribution in [2.45, 2.75) is 32.9 Å². The van der Waals surface area contributed by atoms with E-state index < -0.39 is 0 Å². The van der Waals surface area contributed by atoms with Crippen molar-refractivity contribution in [1.29, 1.82) is 0 Å². The molecular weight excluding hydrogens is 284 g/mol. The molecule has 0 unspecified atom stereocenters. The van der Waals surface area contributed by atoms with E-state index in [1.807, 2.05) is 5.38 Å². The summed E-state index contributed by atoms with van der Waals surface area (Å²) < 4.78 is 1.40. The molecule has 0 aliphatic carbocycles. The number of nitrogens with one attached hydrogen (secondary N) is 1. The second kappa shape index (κ2) is 6.68. The predicted octanol–water partition coefficient (Wildman–Crippen LogP) is 2.77. The van der Waals surface area contributed by atoms with E-state index in [0.29, 0.717) is 18.8 Å². The Morgan fingerprint density at radius 3 is 3.05 bits per heavy atom. The Balaban J connectivity index is 2.09. The second-order valence-corrected chi connectivity index (χ2v) is 5.18. The summed E-state index contributed by atoms with van der Waals surface area (Å²) in [7, 11) is 0. The molecule has 0 radical (unpaired) electrons. The Morgan fingerprint density at radius 1 is 1.53 bits per heavy atom. The minimum Gasteiger partial charge on any atom is -0.377 e. The first-order chi connectivity index (χ1) is 9.22. The highest BCUT2D eigenvalue weighted by atomic mass is 35.5. The monoisotopic (exact) mass is 298 g/mol. The average Bonchev–Trinajstić information content (AvgIpc) is 2.92. The quantitative estimate of drug-likeness (QED) is 0.891. The molecule has 5 nitrogen and oxygen atoms in total. The van der Waals surface area contributed by atoms with Crippen LogP contribution in [-0.4, -0.2) is 14.8 Å². The maximum atomic E-state index is 12.0. The molecule has 0 aromatic carbocycles. The van der Waals surface area contributed by atoms with E-state index in [4.69, 9.17) is 11.6 Å². The number of anilines is 1. The minimum absolute atomic E-state index is 0.182. The van der Waals surface area contributed by atoms with Gasteiger partial charge in [0, 0.05) is 11.9 Å². The standard InChI is InChI=1S/C12H15ClN4OS/c1-2-3-4-17-12(18)11(13)10(6-16-17)14-5-9-7-19-8-15-9/h6-8,14H,2-5H2,1H3. The van der Waals surface area contributed by atoms with Crippen molar-refractivity contribution in [3.63, 3.8) is 0 Å².